The summed E-state index contributed by atoms with van der Waals surface area (Å²) < 4.78 is 7.85. The number of hydrogen-bond donors (Lipinski definition) is 2. The first kappa shape index (κ1) is 28.6. The van der Waals surface area contributed by atoms with Crippen LogP contribution in [0.4, 0.5) is 5.69 Å². The van der Waals surface area contributed by atoms with E-state index in [1.165, 1.54) is 23.1 Å². The van der Waals surface area contributed by atoms with Gasteiger partial charge in [0, 0.05) is 11.3 Å². The Kier molecular flexibility index (Phi) is 9.64. The second kappa shape index (κ2) is 13.1. The molecule has 2 N–H and O–H groups in total. The minimum absolute atomic E-state index is 0.0366. The summed E-state index contributed by atoms with van der Waals surface area (Å²) in [6.45, 7) is 10.1. The van der Waals surface area contributed by atoms with Crippen molar-refractivity contribution >= 4 is 50.8 Å². The lowest BCUT2D eigenvalue weighted by Crippen LogP contribution is -2.28. The molecule has 6 nitrogen and oxygen atoms in total. The number of anilines is 1. The molecular weight excluding hydrogens is 526 g/mol. The fourth-order valence-corrected chi connectivity index (χ4v) is 6.25. The Morgan fingerprint density at radius 2 is 1.79 bits per heavy atom. The van der Waals surface area contributed by atoms with Crippen molar-refractivity contribution in [3.63, 3.8) is 0 Å². The van der Waals surface area contributed by atoms with Crippen LogP contribution in [-0.2, 0) is 4.79 Å². The first-order chi connectivity index (χ1) is 18.7. The molecule has 1 heterocycles. The third-order valence-electron chi connectivity index (χ3n) is 6.64. The van der Waals surface area contributed by atoms with Crippen molar-refractivity contribution in [2.75, 3.05) is 11.1 Å². The SMILES string of the molecule is CCC[C@@H](C)Oc1ccc(C(=O)Nc2ccc3nc(SCC(=O)N[C@@H](C)c4ccccc4)sc3c2)c(C)c1C. The van der Waals surface area contributed by atoms with Crippen LogP contribution in [0.3, 0.4) is 0 Å². The summed E-state index contributed by atoms with van der Waals surface area (Å²) in [6.07, 6.45) is 2.18. The van der Waals surface area contributed by atoms with Crippen molar-refractivity contribution < 1.29 is 14.3 Å². The molecule has 3 aromatic carbocycles. The number of fused-ring (bicyclic) bond motifs is 1. The van der Waals surface area contributed by atoms with Crippen molar-refractivity contribution in [3.8, 4) is 5.75 Å². The van der Waals surface area contributed by atoms with Crippen LogP contribution in [0.1, 0.15) is 66.7 Å². The normalized spacial score (nSPS) is 12.6. The number of thioether (sulfide) groups is 1. The highest BCUT2D eigenvalue weighted by molar-refractivity contribution is 8.01. The highest BCUT2D eigenvalue weighted by atomic mass is 32.2. The largest absolute Gasteiger partial charge is 0.490 e. The molecule has 2 amide bonds. The molecule has 0 saturated heterocycles. The Balaban J connectivity index is 1.37. The van der Waals surface area contributed by atoms with E-state index in [4.69, 9.17) is 4.74 Å². The predicted octanol–water partition coefficient (Wildman–Crippen LogP) is 7.70. The van der Waals surface area contributed by atoms with Crippen molar-refractivity contribution in [2.24, 2.45) is 0 Å². The van der Waals surface area contributed by atoms with E-state index in [0.717, 1.165) is 49.8 Å². The minimum Gasteiger partial charge on any atom is -0.490 e. The van der Waals surface area contributed by atoms with E-state index in [1.807, 2.05) is 81.4 Å². The molecule has 0 unspecified atom stereocenters. The summed E-state index contributed by atoms with van der Waals surface area (Å²) in [4.78, 5) is 30.2. The third-order valence-corrected chi connectivity index (χ3v) is 8.80. The zero-order chi connectivity index (χ0) is 27.9. The molecule has 0 aliphatic carbocycles. The van der Waals surface area contributed by atoms with Gasteiger partial charge in [0.1, 0.15) is 5.75 Å². The first-order valence-corrected chi connectivity index (χ1v) is 15.0. The second-order valence-electron chi connectivity index (χ2n) is 9.68. The minimum atomic E-state index is -0.161. The molecule has 0 spiro atoms. The lowest BCUT2D eigenvalue weighted by molar-refractivity contribution is -0.119. The van der Waals surface area contributed by atoms with Crippen LogP contribution < -0.4 is 15.4 Å². The molecule has 1 aromatic heterocycles. The Labute approximate surface area is 238 Å². The molecule has 39 heavy (non-hydrogen) atoms. The van der Waals surface area contributed by atoms with Gasteiger partial charge < -0.3 is 15.4 Å². The summed E-state index contributed by atoms with van der Waals surface area (Å²) in [5.41, 5.74) is 5.13. The van der Waals surface area contributed by atoms with Crippen molar-refractivity contribution in [1.29, 1.82) is 0 Å². The van der Waals surface area contributed by atoms with Crippen molar-refractivity contribution in [3.05, 3.63) is 82.9 Å². The summed E-state index contributed by atoms with van der Waals surface area (Å²) in [5, 5.41) is 6.06. The fraction of sp³-hybridized carbons (Fsp3) is 0.323. The lowest BCUT2D eigenvalue weighted by Gasteiger charge is -2.18. The van der Waals surface area contributed by atoms with Gasteiger partial charge >= 0.3 is 0 Å². The topological polar surface area (TPSA) is 80.3 Å². The molecule has 2 atom stereocenters. The maximum Gasteiger partial charge on any atom is 0.255 e. The predicted molar refractivity (Wildman–Crippen MR) is 162 cm³/mol. The number of nitrogens with one attached hydrogen (secondary N) is 2. The van der Waals surface area contributed by atoms with Gasteiger partial charge in [0.05, 0.1) is 28.1 Å². The molecule has 0 bridgehead atoms. The number of hydrogen-bond acceptors (Lipinski definition) is 6. The maximum atomic E-state index is 13.1. The Morgan fingerprint density at radius 1 is 1.03 bits per heavy atom. The van der Waals surface area contributed by atoms with E-state index in [1.54, 1.807) is 0 Å². The van der Waals surface area contributed by atoms with E-state index in [0.29, 0.717) is 11.3 Å². The smallest absolute Gasteiger partial charge is 0.255 e. The molecule has 0 fully saturated rings. The number of carbonyl (C=O) groups is 2. The molecule has 0 saturated carbocycles. The highest BCUT2D eigenvalue weighted by Crippen LogP contribution is 2.32. The number of amides is 2. The molecule has 4 rings (SSSR count). The number of rotatable bonds is 11. The van der Waals surface area contributed by atoms with Gasteiger partial charge in [-0.1, -0.05) is 55.4 Å². The van der Waals surface area contributed by atoms with Gasteiger partial charge in [-0.25, -0.2) is 4.98 Å². The molecule has 8 heteroatoms. The van der Waals surface area contributed by atoms with E-state index >= 15 is 0 Å². The second-order valence-corrected chi connectivity index (χ2v) is 11.9. The van der Waals surface area contributed by atoms with Crippen molar-refractivity contribution in [1.82, 2.24) is 10.3 Å². The highest BCUT2D eigenvalue weighted by Gasteiger charge is 2.16. The van der Waals surface area contributed by atoms with Gasteiger partial charge in [-0.15, -0.1) is 11.3 Å². The van der Waals surface area contributed by atoms with Crippen molar-refractivity contribution in [2.45, 2.75) is 63.9 Å². The van der Waals surface area contributed by atoms with E-state index in [2.05, 4.69) is 29.5 Å². The number of nitrogens with zero attached hydrogens (tertiary/aromatic N) is 1. The zero-order valence-corrected chi connectivity index (χ0v) is 24.7. The monoisotopic (exact) mass is 561 g/mol. The zero-order valence-electron chi connectivity index (χ0n) is 23.0. The van der Waals surface area contributed by atoms with Crippen LogP contribution in [0.15, 0.2) is 65.0 Å². The lowest BCUT2D eigenvalue weighted by atomic mass is 10.0. The Morgan fingerprint density at radius 3 is 2.54 bits per heavy atom. The van der Waals surface area contributed by atoms with Gasteiger partial charge in [-0.2, -0.15) is 0 Å². The average Bonchev–Trinajstić information content (AvgIpc) is 3.33. The van der Waals surface area contributed by atoms with Crippen LogP contribution in [-0.4, -0.2) is 28.7 Å². The molecule has 0 aliphatic heterocycles. The fourth-order valence-electron chi connectivity index (χ4n) is 4.33. The van der Waals surface area contributed by atoms with Gasteiger partial charge in [0.25, 0.3) is 5.91 Å². The van der Waals surface area contributed by atoms with Crippen LogP contribution in [0.25, 0.3) is 10.2 Å². The number of ether oxygens (including phenoxy) is 1. The molecular formula is C31H35N3O3S2. The van der Waals surface area contributed by atoms with Gasteiger partial charge in [-0.05, 0) is 81.1 Å². The Bertz CT molecular complexity index is 1450. The molecule has 0 aliphatic rings. The van der Waals surface area contributed by atoms with Crippen LogP contribution >= 0.6 is 23.1 Å². The third kappa shape index (κ3) is 7.40. The number of benzene rings is 3. The van der Waals surface area contributed by atoms with Crippen LogP contribution in [0.2, 0.25) is 0 Å². The molecule has 4 aromatic rings. The van der Waals surface area contributed by atoms with E-state index in [-0.39, 0.29) is 29.7 Å². The Hall–Kier alpha value is -3.36. The average molecular weight is 562 g/mol. The van der Waals surface area contributed by atoms with Gasteiger partial charge in [0.15, 0.2) is 4.34 Å². The molecule has 0 radical (unpaired) electrons. The number of carbonyl (C=O) groups excluding carboxylic acids is 2. The molecule has 204 valence electrons. The van der Waals surface area contributed by atoms with E-state index < -0.39 is 0 Å². The number of thiazole rings is 1. The van der Waals surface area contributed by atoms with E-state index in [9.17, 15) is 9.59 Å². The summed E-state index contributed by atoms with van der Waals surface area (Å²) >= 11 is 2.93. The maximum absolute atomic E-state index is 13.1. The van der Waals surface area contributed by atoms with Crippen LogP contribution in [0, 0.1) is 13.8 Å². The quantitative estimate of drug-likeness (QED) is 0.183. The summed E-state index contributed by atoms with van der Waals surface area (Å²) in [5.74, 6) is 0.914. The standard InChI is InChI=1S/C31H35N3O3S2/c1-6-10-19(2)37-27-16-14-25(20(3)21(27)4)30(36)33-24-13-15-26-28(17-24)39-31(34-26)38-18-29(35)32-22(5)23-11-8-7-9-12-23/h7-9,11-17,19,22H,6,10,18H2,1-5H3,(H,32,35)(H,33,36)/t19-,22+/m1/s1. The number of aromatic nitrogens is 1. The van der Waals surface area contributed by atoms with Crippen LogP contribution in [0.5, 0.6) is 5.75 Å². The van der Waals surface area contributed by atoms with Gasteiger partial charge in [0.2, 0.25) is 5.91 Å². The first-order valence-electron chi connectivity index (χ1n) is 13.2. The summed E-state index contributed by atoms with van der Waals surface area (Å²) in [7, 11) is 0. The van der Waals surface area contributed by atoms with Gasteiger partial charge in [-0.3, -0.25) is 9.59 Å². The summed E-state index contributed by atoms with van der Waals surface area (Å²) in [6, 6.07) is 19.2.